The fourth-order valence-corrected chi connectivity index (χ4v) is 4.45. The maximum Gasteiger partial charge on any atom is 0.308 e. The second kappa shape index (κ2) is 18.2. The Kier molecular flexibility index (Phi) is 14.3. The third-order valence-corrected chi connectivity index (χ3v) is 6.67. The molecule has 0 saturated carbocycles. The lowest BCUT2D eigenvalue weighted by atomic mass is 10.00. The first-order valence-corrected chi connectivity index (χ1v) is 14.2. The van der Waals surface area contributed by atoms with Crippen LogP contribution in [0.4, 0.5) is 0 Å². The molecule has 8 nitrogen and oxygen atoms in total. The number of ether oxygens (including phenoxy) is 4. The lowest BCUT2D eigenvalue weighted by Gasteiger charge is -2.15. The van der Waals surface area contributed by atoms with Crippen LogP contribution in [0.2, 0.25) is 0 Å². The molecule has 0 aliphatic rings. The number of carbonyl (C=O) groups is 1. The third kappa shape index (κ3) is 11.3. The number of benzene rings is 3. The van der Waals surface area contributed by atoms with Crippen molar-refractivity contribution in [2.75, 3.05) is 40.0 Å². The molecule has 0 aromatic heterocycles. The van der Waals surface area contributed by atoms with Gasteiger partial charge in [-0.3, -0.25) is 4.79 Å². The van der Waals surface area contributed by atoms with Crippen LogP contribution in [0.1, 0.15) is 55.4 Å². The molecule has 0 fully saturated rings. The Hall–Kier alpha value is -3.27. The van der Waals surface area contributed by atoms with Gasteiger partial charge in [0.2, 0.25) is 0 Å². The summed E-state index contributed by atoms with van der Waals surface area (Å²) in [5, 5.41) is 23.2. The van der Waals surface area contributed by atoms with Gasteiger partial charge < -0.3 is 34.5 Å². The van der Waals surface area contributed by atoms with E-state index in [1.165, 1.54) is 6.92 Å². The van der Waals surface area contributed by atoms with E-state index in [2.05, 4.69) is 29.6 Å². The van der Waals surface area contributed by atoms with Crippen molar-refractivity contribution in [2.45, 2.75) is 51.9 Å². The quantitative estimate of drug-likeness (QED) is 0.104. The fourth-order valence-electron chi connectivity index (χ4n) is 4.45. The molecule has 3 N–H and O–H groups in total. The molecular formula is C33H43NO7. The van der Waals surface area contributed by atoms with Crippen molar-refractivity contribution >= 4 is 5.97 Å². The van der Waals surface area contributed by atoms with Crippen LogP contribution in [0.3, 0.4) is 0 Å². The van der Waals surface area contributed by atoms with Gasteiger partial charge in [0, 0.05) is 25.6 Å². The number of aliphatic hydroxyl groups excluding tert-OH is 2. The molecule has 3 aromatic carbocycles. The van der Waals surface area contributed by atoms with Crippen molar-refractivity contribution in [3.8, 4) is 22.6 Å². The van der Waals surface area contributed by atoms with Crippen molar-refractivity contribution in [1.29, 1.82) is 0 Å². The van der Waals surface area contributed by atoms with Crippen LogP contribution < -0.4 is 14.8 Å². The molecule has 0 amide bonds. The molecule has 222 valence electrons. The van der Waals surface area contributed by atoms with Gasteiger partial charge in [0.15, 0.2) is 0 Å². The van der Waals surface area contributed by atoms with Crippen molar-refractivity contribution < 1.29 is 34.0 Å². The summed E-state index contributed by atoms with van der Waals surface area (Å²) >= 11 is 0. The van der Waals surface area contributed by atoms with Crippen LogP contribution in [0, 0.1) is 0 Å². The highest BCUT2D eigenvalue weighted by Gasteiger charge is 2.12. The van der Waals surface area contributed by atoms with Gasteiger partial charge in [-0.2, -0.15) is 0 Å². The molecule has 8 heteroatoms. The summed E-state index contributed by atoms with van der Waals surface area (Å²) in [6, 6.07) is 21.3. The van der Waals surface area contributed by atoms with Crippen molar-refractivity contribution in [3.63, 3.8) is 0 Å². The van der Waals surface area contributed by atoms with Gasteiger partial charge in [-0.05, 0) is 65.9 Å². The van der Waals surface area contributed by atoms with Crippen LogP contribution in [-0.4, -0.2) is 56.2 Å². The minimum atomic E-state index is -0.710. The van der Waals surface area contributed by atoms with E-state index in [9.17, 15) is 15.0 Å². The van der Waals surface area contributed by atoms with Gasteiger partial charge in [-0.1, -0.05) is 55.3 Å². The molecule has 3 aromatic rings. The zero-order valence-electron chi connectivity index (χ0n) is 24.1. The number of nitrogens with one attached hydrogen (secondary N) is 1. The highest BCUT2D eigenvalue weighted by molar-refractivity contribution is 5.70. The second-order valence-corrected chi connectivity index (χ2v) is 9.80. The van der Waals surface area contributed by atoms with Crippen molar-refractivity contribution in [2.24, 2.45) is 0 Å². The molecule has 0 unspecified atom stereocenters. The first kappa shape index (κ1) is 32.2. The molecule has 3 rings (SSSR count). The fraction of sp³-hybridized carbons (Fsp3) is 0.424. The van der Waals surface area contributed by atoms with Crippen LogP contribution in [0.25, 0.3) is 11.1 Å². The van der Waals surface area contributed by atoms with E-state index >= 15 is 0 Å². The largest absolute Gasteiger partial charge is 0.497 e. The minimum Gasteiger partial charge on any atom is -0.497 e. The normalized spacial score (nSPS) is 11.8. The van der Waals surface area contributed by atoms with Crippen LogP contribution in [-0.2, 0) is 27.5 Å². The first-order valence-electron chi connectivity index (χ1n) is 14.2. The average Bonchev–Trinajstić information content (AvgIpc) is 2.99. The summed E-state index contributed by atoms with van der Waals surface area (Å²) in [5.74, 6) is 0.703. The number of aliphatic hydroxyl groups is 2. The summed E-state index contributed by atoms with van der Waals surface area (Å²) in [4.78, 5) is 11.2. The zero-order valence-corrected chi connectivity index (χ0v) is 24.1. The van der Waals surface area contributed by atoms with Gasteiger partial charge in [0.25, 0.3) is 0 Å². The number of esters is 1. The highest BCUT2D eigenvalue weighted by atomic mass is 16.5. The predicted molar refractivity (Wildman–Crippen MR) is 159 cm³/mol. The van der Waals surface area contributed by atoms with E-state index in [1.54, 1.807) is 25.3 Å². The zero-order chi connectivity index (χ0) is 29.3. The molecule has 0 radical (unpaired) electrons. The van der Waals surface area contributed by atoms with Crippen LogP contribution >= 0.6 is 0 Å². The van der Waals surface area contributed by atoms with Crippen LogP contribution in [0.5, 0.6) is 11.5 Å². The standard InChI is InChI=1S/C33H43NO7/c1-25(36)41-33-16-13-27(21-29(33)23-35)32(37)22-34-17-7-3-4-8-18-39-19-20-40-24-28-9-5-6-10-31(28)26-11-14-30(38-2)15-12-26/h5-6,9-16,21,32,34-35,37H,3-4,7-8,17-20,22-24H2,1-2H3/t32-/m0/s1. The smallest absolute Gasteiger partial charge is 0.308 e. The lowest BCUT2D eigenvalue weighted by Crippen LogP contribution is -2.22. The van der Waals surface area contributed by atoms with Gasteiger partial charge in [-0.15, -0.1) is 0 Å². The molecule has 0 aliphatic carbocycles. The van der Waals surface area contributed by atoms with E-state index in [0.717, 1.165) is 54.7 Å². The first-order chi connectivity index (χ1) is 20.0. The van der Waals surface area contributed by atoms with E-state index in [0.29, 0.717) is 49.8 Å². The minimum absolute atomic E-state index is 0.271. The predicted octanol–water partition coefficient (Wildman–Crippen LogP) is 5.20. The van der Waals surface area contributed by atoms with Gasteiger partial charge in [-0.25, -0.2) is 0 Å². The lowest BCUT2D eigenvalue weighted by molar-refractivity contribution is -0.131. The van der Waals surface area contributed by atoms with Gasteiger partial charge >= 0.3 is 5.97 Å². The Balaban J connectivity index is 1.20. The van der Waals surface area contributed by atoms with Crippen LogP contribution in [0.15, 0.2) is 66.7 Å². The molecular weight excluding hydrogens is 522 g/mol. The summed E-state index contributed by atoms with van der Waals surface area (Å²) in [5.41, 5.74) is 4.58. The Morgan fingerprint density at radius 2 is 1.63 bits per heavy atom. The third-order valence-electron chi connectivity index (χ3n) is 6.67. The molecule has 1 atom stereocenters. The molecule has 0 heterocycles. The summed E-state index contributed by atoms with van der Waals surface area (Å²) in [7, 11) is 1.67. The number of rotatable bonds is 19. The Labute approximate surface area is 243 Å². The molecule has 41 heavy (non-hydrogen) atoms. The molecule has 0 aliphatic heterocycles. The number of hydrogen-bond acceptors (Lipinski definition) is 8. The van der Waals surface area contributed by atoms with E-state index in [-0.39, 0.29) is 6.61 Å². The van der Waals surface area contributed by atoms with E-state index in [1.807, 2.05) is 24.3 Å². The van der Waals surface area contributed by atoms with Crippen molar-refractivity contribution in [3.05, 3.63) is 83.4 Å². The van der Waals surface area contributed by atoms with E-state index < -0.39 is 12.1 Å². The Morgan fingerprint density at radius 1 is 0.878 bits per heavy atom. The second-order valence-electron chi connectivity index (χ2n) is 9.80. The Bertz CT molecular complexity index is 1180. The molecule has 0 bridgehead atoms. The molecule has 0 spiro atoms. The van der Waals surface area contributed by atoms with Crippen molar-refractivity contribution in [1.82, 2.24) is 5.32 Å². The number of methoxy groups -OCH3 is 1. The highest BCUT2D eigenvalue weighted by Crippen LogP contribution is 2.26. The summed E-state index contributed by atoms with van der Waals surface area (Å²) in [6.07, 6.45) is 3.46. The SMILES string of the molecule is COc1ccc(-c2ccccc2COCCOCCCCCCNC[C@H](O)c2ccc(OC(C)=O)c(CO)c2)cc1. The summed E-state index contributed by atoms with van der Waals surface area (Å²) in [6.45, 7) is 4.63. The Morgan fingerprint density at radius 3 is 2.39 bits per heavy atom. The van der Waals surface area contributed by atoms with E-state index in [4.69, 9.17) is 18.9 Å². The van der Waals surface area contributed by atoms with Gasteiger partial charge in [0.1, 0.15) is 11.5 Å². The molecule has 0 saturated heterocycles. The maximum atomic E-state index is 11.2. The average molecular weight is 566 g/mol. The monoisotopic (exact) mass is 565 g/mol. The number of unbranched alkanes of at least 4 members (excludes halogenated alkanes) is 3. The topological polar surface area (TPSA) is 106 Å². The van der Waals surface area contributed by atoms with Gasteiger partial charge in [0.05, 0.1) is 39.6 Å². The summed E-state index contributed by atoms with van der Waals surface area (Å²) < 4.78 is 21.9. The number of carbonyl (C=O) groups excluding carboxylic acids is 1. The number of hydrogen-bond donors (Lipinski definition) is 3. The maximum absolute atomic E-state index is 11.2.